The Morgan fingerprint density at radius 3 is 1.11 bits per heavy atom. The number of aliphatic hydroxyl groups is 2. The van der Waals surface area contributed by atoms with Crippen LogP contribution in [0.15, 0.2) is 0 Å². The molecule has 164 valence electrons. The highest BCUT2D eigenvalue weighted by Crippen LogP contribution is 1.90. The van der Waals surface area contributed by atoms with E-state index in [1.54, 1.807) is 0 Å². The summed E-state index contributed by atoms with van der Waals surface area (Å²) in [6, 6.07) is 0. The van der Waals surface area contributed by atoms with E-state index in [0.29, 0.717) is 98.9 Å². The number of rotatable bonds is 23. The van der Waals surface area contributed by atoms with E-state index in [1.165, 1.54) is 0 Å². The van der Waals surface area contributed by atoms with Gasteiger partial charge in [0.15, 0.2) is 0 Å². The third-order valence-electron chi connectivity index (χ3n) is 3.25. The van der Waals surface area contributed by atoms with Crippen LogP contribution in [0, 0.1) is 0 Å². The summed E-state index contributed by atoms with van der Waals surface area (Å²) in [7, 11) is 0. The molecule has 0 bridgehead atoms. The fourth-order valence-corrected chi connectivity index (χ4v) is 1.72. The maximum atomic E-state index is 9.30. The first-order valence-electron chi connectivity index (χ1n) is 9.64. The van der Waals surface area contributed by atoms with Crippen molar-refractivity contribution < 1.29 is 43.4 Å². The van der Waals surface area contributed by atoms with Gasteiger partial charge in [-0.1, -0.05) is 6.92 Å². The van der Waals surface area contributed by atoms with Crippen molar-refractivity contribution in [3.63, 3.8) is 0 Å². The molecule has 0 aromatic carbocycles. The van der Waals surface area contributed by atoms with Crippen LogP contribution in [-0.2, 0) is 33.2 Å². The van der Waals surface area contributed by atoms with Crippen molar-refractivity contribution in [3.8, 4) is 0 Å². The van der Waals surface area contributed by atoms with Crippen molar-refractivity contribution in [1.82, 2.24) is 0 Å². The maximum Gasteiger partial charge on any atom is 0.0771 e. The van der Waals surface area contributed by atoms with Gasteiger partial charge >= 0.3 is 0 Å². The maximum absolute atomic E-state index is 9.30. The van der Waals surface area contributed by atoms with Gasteiger partial charge < -0.3 is 43.4 Å². The predicted octanol–water partition coefficient (Wildman–Crippen LogP) is -0.134. The summed E-state index contributed by atoms with van der Waals surface area (Å²) in [5, 5.41) is 17.8. The number of hydrogen-bond donors (Lipinski definition) is 2. The van der Waals surface area contributed by atoms with Crippen LogP contribution in [0.4, 0.5) is 0 Å². The molecule has 0 saturated carbocycles. The van der Waals surface area contributed by atoms with E-state index in [-0.39, 0.29) is 6.61 Å². The van der Waals surface area contributed by atoms with Crippen LogP contribution in [0.25, 0.3) is 0 Å². The van der Waals surface area contributed by atoms with Gasteiger partial charge in [0.05, 0.1) is 105 Å². The molecule has 0 fully saturated rings. The van der Waals surface area contributed by atoms with Gasteiger partial charge in [-0.3, -0.25) is 0 Å². The lowest BCUT2D eigenvalue weighted by Gasteiger charge is -2.09. The van der Waals surface area contributed by atoms with Gasteiger partial charge in [-0.05, 0) is 6.42 Å². The first kappa shape index (κ1) is 26.6. The molecule has 0 amide bonds. The standard InChI is InChI=1S/C18H38O9/c1-2-18(20)17-27-16-15-26-14-13-25-12-11-24-10-9-23-8-7-22-6-5-21-4-3-19/h18-20H,2-17H2,1H3. The normalized spacial score (nSPS) is 12.6. The minimum absolute atomic E-state index is 0.0307. The Hall–Kier alpha value is -0.360. The third kappa shape index (κ3) is 23.6. The molecule has 9 heteroatoms. The minimum atomic E-state index is -0.394. The second-order valence-corrected chi connectivity index (χ2v) is 5.53. The molecule has 0 aromatic heterocycles. The minimum Gasteiger partial charge on any atom is -0.394 e. The molecule has 0 rings (SSSR count). The van der Waals surface area contributed by atoms with Gasteiger partial charge in [0, 0.05) is 0 Å². The average molecular weight is 398 g/mol. The molecular formula is C18H38O9. The first-order chi connectivity index (χ1) is 13.3. The third-order valence-corrected chi connectivity index (χ3v) is 3.25. The molecule has 0 aromatic rings. The summed E-state index contributed by atoms with van der Waals surface area (Å²) in [5.74, 6) is 0. The fraction of sp³-hybridized carbons (Fsp3) is 1.00. The summed E-state index contributed by atoms with van der Waals surface area (Å²) in [5.41, 5.74) is 0. The molecule has 27 heavy (non-hydrogen) atoms. The van der Waals surface area contributed by atoms with Crippen LogP contribution in [0.2, 0.25) is 0 Å². The molecule has 1 unspecified atom stereocenters. The number of aliphatic hydroxyl groups excluding tert-OH is 2. The molecule has 0 aliphatic carbocycles. The zero-order valence-electron chi connectivity index (χ0n) is 16.6. The van der Waals surface area contributed by atoms with Crippen molar-refractivity contribution in [2.24, 2.45) is 0 Å². The van der Waals surface area contributed by atoms with E-state index in [2.05, 4.69) is 0 Å². The van der Waals surface area contributed by atoms with Crippen LogP contribution in [0.3, 0.4) is 0 Å². The van der Waals surface area contributed by atoms with E-state index < -0.39 is 6.10 Å². The van der Waals surface area contributed by atoms with Crippen LogP contribution < -0.4 is 0 Å². The molecule has 0 saturated heterocycles. The highest BCUT2D eigenvalue weighted by atomic mass is 16.6. The van der Waals surface area contributed by atoms with E-state index in [9.17, 15) is 5.11 Å². The molecule has 2 N–H and O–H groups in total. The summed E-state index contributed by atoms with van der Waals surface area (Å²) < 4.78 is 37.0. The second kappa shape index (κ2) is 23.7. The fourth-order valence-electron chi connectivity index (χ4n) is 1.72. The van der Waals surface area contributed by atoms with Gasteiger partial charge in [0.2, 0.25) is 0 Å². The van der Waals surface area contributed by atoms with Crippen LogP contribution in [-0.4, -0.2) is 115 Å². The average Bonchev–Trinajstić information content (AvgIpc) is 2.68. The number of ether oxygens (including phenoxy) is 7. The zero-order valence-corrected chi connectivity index (χ0v) is 16.6. The van der Waals surface area contributed by atoms with Crippen molar-refractivity contribution in [2.75, 3.05) is 99.1 Å². The van der Waals surface area contributed by atoms with E-state index in [4.69, 9.17) is 38.3 Å². The Morgan fingerprint density at radius 1 is 0.519 bits per heavy atom. The van der Waals surface area contributed by atoms with Gasteiger partial charge in [0.25, 0.3) is 0 Å². The second-order valence-electron chi connectivity index (χ2n) is 5.53. The quantitative estimate of drug-likeness (QED) is 0.228. The summed E-state index contributed by atoms with van der Waals surface area (Å²) in [6.45, 7) is 8.67. The van der Waals surface area contributed by atoms with Gasteiger partial charge in [-0.2, -0.15) is 0 Å². The molecule has 0 radical (unpaired) electrons. The summed E-state index contributed by atoms with van der Waals surface area (Å²) >= 11 is 0. The SMILES string of the molecule is CCC(O)COCCOCCOCCOCCOCCOCCOCCO. The Labute approximate surface area is 162 Å². The molecule has 9 nitrogen and oxygen atoms in total. The molecule has 0 aliphatic heterocycles. The molecular weight excluding hydrogens is 360 g/mol. The Balaban J connectivity index is 2.99. The number of hydrogen-bond acceptors (Lipinski definition) is 9. The van der Waals surface area contributed by atoms with Crippen molar-refractivity contribution in [3.05, 3.63) is 0 Å². The van der Waals surface area contributed by atoms with Crippen LogP contribution in [0.5, 0.6) is 0 Å². The Morgan fingerprint density at radius 2 is 0.815 bits per heavy atom. The van der Waals surface area contributed by atoms with Gasteiger partial charge in [0.1, 0.15) is 0 Å². The molecule has 0 spiro atoms. The van der Waals surface area contributed by atoms with Crippen molar-refractivity contribution in [2.45, 2.75) is 19.4 Å². The largest absolute Gasteiger partial charge is 0.394 e. The monoisotopic (exact) mass is 398 g/mol. The predicted molar refractivity (Wildman–Crippen MR) is 99.1 cm³/mol. The lowest BCUT2D eigenvalue weighted by atomic mass is 10.3. The lowest BCUT2D eigenvalue weighted by Crippen LogP contribution is -2.17. The van der Waals surface area contributed by atoms with Crippen LogP contribution in [0.1, 0.15) is 13.3 Å². The van der Waals surface area contributed by atoms with Crippen molar-refractivity contribution >= 4 is 0 Å². The smallest absolute Gasteiger partial charge is 0.0771 e. The molecule has 0 aliphatic rings. The highest BCUT2D eigenvalue weighted by Gasteiger charge is 1.99. The van der Waals surface area contributed by atoms with Crippen molar-refractivity contribution in [1.29, 1.82) is 0 Å². The molecule has 1 atom stereocenters. The highest BCUT2D eigenvalue weighted by molar-refractivity contribution is 4.48. The Kier molecular flexibility index (Phi) is 23.4. The first-order valence-corrected chi connectivity index (χ1v) is 9.64. The summed E-state index contributed by atoms with van der Waals surface area (Å²) in [4.78, 5) is 0. The summed E-state index contributed by atoms with van der Waals surface area (Å²) in [6.07, 6.45) is 0.301. The van der Waals surface area contributed by atoms with Gasteiger partial charge in [-0.15, -0.1) is 0 Å². The molecule has 0 heterocycles. The van der Waals surface area contributed by atoms with E-state index in [1.807, 2.05) is 6.92 Å². The van der Waals surface area contributed by atoms with Crippen LogP contribution >= 0.6 is 0 Å². The Bertz CT molecular complexity index is 269. The lowest BCUT2D eigenvalue weighted by molar-refractivity contribution is -0.0262. The zero-order chi connectivity index (χ0) is 19.8. The van der Waals surface area contributed by atoms with E-state index in [0.717, 1.165) is 0 Å². The van der Waals surface area contributed by atoms with Gasteiger partial charge in [-0.25, -0.2) is 0 Å². The van der Waals surface area contributed by atoms with E-state index >= 15 is 0 Å². The topological polar surface area (TPSA) is 105 Å².